The molecule has 8 bridgehead atoms. The normalized spacial score (nSPS) is 50.8. The molecule has 0 aliphatic carbocycles. The van der Waals surface area contributed by atoms with E-state index in [9.17, 15) is 76.0 Å². The standard InChI is InChI=1S/C34H56N2O25/c1-8(41)35-15-27-19(45)11(4-38)53-30(15)61-29-20(46)12(5-39)54-32(25(29)51)52-7-14-18(44)22(48)24(50)34(57-14)58-26-13(6-40)56-31(59-27)16(36-9(2)42)28(26)60-33-23(49)21(47)17(43)10(3-37)55-33/h10-34,37-40,43-51H,3-7H2,1-2H3,(H,35,41)(H,36,42)/t10-,11-,12-,13-,14-,15-,16-,17-,18+,19+,20+,21+,22+,23-,24-,25-,26+,27-,28-,29+,30+,31-,32+,33+,34-/m1/s1. The first-order valence-electron chi connectivity index (χ1n) is 19.5. The number of amides is 2. The molecule has 0 aromatic rings. The molecule has 7 aliphatic rings. The Balaban J connectivity index is 1.49. The predicted molar refractivity (Wildman–Crippen MR) is 186 cm³/mol. The van der Waals surface area contributed by atoms with E-state index in [0.29, 0.717) is 0 Å². The van der Waals surface area contributed by atoms with Crippen LogP contribution in [0, 0.1) is 0 Å². The van der Waals surface area contributed by atoms with Gasteiger partial charge in [0.1, 0.15) is 122 Å². The molecule has 7 fully saturated rings. The summed E-state index contributed by atoms with van der Waals surface area (Å²) in [7, 11) is 0. The second-order valence-corrected chi connectivity index (χ2v) is 15.5. The maximum Gasteiger partial charge on any atom is 0.217 e. The van der Waals surface area contributed by atoms with Gasteiger partial charge in [0.25, 0.3) is 0 Å². The van der Waals surface area contributed by atoms with Crippen molar-refractivity contribution in [2.45, 2.75) is 167 Å². The highest BCUT2D eigenvalue weighted by Crippen LogP contribution is 2.37. The van der Waals surface area contributed by atoms with Gasteiger partial charge in [-0.05, 0) is 0 Å². The van der Waals surface area contributed by atoms with Gasteiger partial charge < -0.3 is 124 Å². The van der Waals surface area contributed by atoms with Crippen molar-refractivity contribution in [3.05, 3.63) is 0 Å². The highest BCUT2D eigenvalue weighted by molar-refractivity contribution is 5.73. The molecular weight excluding hydrogens is 836 g/mol. The van der Waals surface area contributed by atoms with Crippen LogP contribution >= 0.6 is 0 Å². The number of hydrogen-bond donors (Lipinski definition) is 15. The van der Waals surface area contributed by atoms with Gasteiger partial charge in [0, 0.05) is 13.8 Å². The van der Waals surface area contributed by atoms with Gasteiger partial charge in [0.2, 0.25) is 11.8 Å². The maximum absolute atomic E-state index is 12.9. The summed E-state index contributed by atoms with van der Waals surface area (Å²) in [5.74, 6) is -1.61. The molecule has 0 radical (unpaired) electrons. The number of hydrogen-bond acceptors (Lipinski definition) is 25. The van der Waals surface area contributed by atoms with Crippen LogP contribution in [0.25, 0.3) is 0 Å². The zero-order valence-electron chi connectivity index (χ0n) is 32.7. The lowest BCUT2D eigenvalue weighted by Gasteiger charge is -2.52. The van der Waals surface area contributed by atoms with E-state index in [2.05, 4.69) is 10.6 Å². The summed E-state index contributed by atoms with van der Waals surface area (Å²) in [6.07, 6.45) is -42.5. The largest absolute Gasteiger partial charge is 0.394 e. The predicted octanol–water partition coefficient (Wildman–Crippen LogP) is -10.6. The molecule has 7 saturated heterocycles. The van der Waals surface area contributed by atoms with Crippen LogP contribution in [-0.2, 0) is 57.0 Å². The maximum atomic E-state index is 12.9. The van der Waals surface area contributed by atoms with Gasteiger partial charge in [-0.1, -0.05) is 0 Å². The fraction of sp³-hybridized carbons (Fsp3) is 0.941. The summed E-state index contributed by atoms with van der Waals surface area (Å²) in [4.78, 5) is 25.6. The number of rotatable bonds is 8. The Labute approximate surface area is 346 Å². The molecule has 61 heavy (non-hydrogen) atoms. The molecule has 7 rings (SSSR count). The Kier molecular flexibility index (Phi) is 16.3. The van der Waals surface area contributed by atoms with E-state index < -0.39 is 198 Å². The Morgan fingerprint density at radius 2 is 0.967 bits per heavy atom. The number of aliphatic hydroxyl groups is 13. The van der Waals surface area contributed by atoms with Gasteiger partial charge in [-0.2, -0.15) is 0 Å². The Bertz CT molecular complexity index is 1450. The van der Waals surface area contributed by atoms with Gasteiger partial charge in [-0.15, -0.1) is 0 Å². The second-order valence-electron chi connectivity index (χ2n) is 15.5. The van der Waals surface area contributed by atoms with Crippen molar-refractivity contribution in [2.24, 2.45) is 0 Å². The molecule has 0 spiro atoms. The van der Waals surface area contributed by atoms with Crippen LogP contribution in [0.3, 0.4) is 0 Å². The summed E-state index contributed by atoms with van der Waals surface area (Å²) >= 11 is 0. The van der Waals surface area contributed by atoms with Gasteiger partial charge in [0.05, 0.1) is 33.0 Å². The highest BCUT2D eigenvalue weighted by atomic mass is 16.8. The molecule has 27 heteroatoms. The van der Waals surface area contributed by atoms with E-state index in [0.717, 1.165) is 13.8 Å². The van der Waals surface area contributed by atoms with Crippen molar-refractivity contribution in [3.8, 4) is 0 Å². The fourth-order valence-electron chi connectivity index (χ4n) is 8.12. The molecular formula is C34H56N2O25. The third-order valence-corrected chi connectivity index (χ3v) is 11.3. The number of nitrogens with one attached hydrogen (secondary N) is 2. The fourth-order valence-corrected chi connectivity index (χ4v) is 8.12. The van der Waals surface area contributed by atoms with E-state index in [1.165, 1.54) is 0 Å². The smallest absolute Gasteiger partial charge is 0.217 e. The third-order valence-electron chi connectivity index (χ3n) is 11.3. The van der Waals surface area contributed by atoms with Crippen molar-refractivity contribution < 1.29 is 123 Å². The SMILES string of the molecule is CC(=O)N[C@H]1[C@H]2O[C@H]3[C@@H](O)[C@@H](CO)O[C@@H](O[C@H]4[C@@H](O)[C@@H](CO)O[C@H](OC[C@H]5O[C@H](O[C@H]([C@@H]1O[C@@H]1O[C@H](CO)[C@@H](O)[C@H](O)[C@H]1O)[C@@H](CO)O2)[C@H](O)[C@@H](O)[C@H]5O)[C@@H]4O)[C@@H]3NC(C)=O. The van der Waals surface area contributed by atoms with E-state index in [1.54, 1.807) is 0 Å². The Morgan fingerprint density at radius 3 is 1.57 bits per heavy atom. The Hall–Kier alpha value is -1.98. The number of fused-ring (bicyclic) bond motifs is 3. The number of ether oxygens (including phenoxy) is 10. The number of carbonyl (C=O) groups excluding carboxylic acids is 2. The minimum atomic E-state index is -2.09. The molecule has 27 nitrogen and oxygen atoms in total. The van der Waals surface area contributed by atoms with E-state index >= 15 is 0 Å². The molecule has 7 heterocycles. The minimum Gasteiger partial charge on any atom is -0.394 e. The van der Waals surface area contributed by atoms with Gasteiger partial charge >= 0.3 is 0 Å². The number of carbonyl (C=O) groups is 2. The Morgan fingerprint density at radius 1 is 0.475 bits per heavy atom. The van der Waals surface area contributed by atoms with Crippen LogP contribution in [0.5, 0.6) is 0 Å². The first-order chi connectivity index (χ1) is 28.9. The lowest BCUT2D eigenvalue weighted by molar-refractivity contribution is -0.392. The van der Waals surface area contributed by atoms with Crippen molar-refractivity contribution in [2.75, 3.05) is 33.0 Å². The summed E-state index contributed by atoms with van der Waals surface area (Å²) in [6.45, 7) is -2.39. The highest BCUT2D eigenvalue weighted by Gasteiger charge is 2.58. The second kappa shape index (κ2) is 20.5. The molecule has 15 N–H and O–H groups in total. The van der Waals surface area contributed by atoms with Crippen molar-refractivity contribution in [1.82, 2.24) is 10.6 Å². The molecule has 0 aromatic heterocycles. The summed E-state index contributed by atoms with van der Waals surface area (Å²) in [6, 6.07) is -3.40. The average Bonchev–Trinajstić information content (AvgIpc) is 3.22. The first kappa shape index (κ1) is 48.5. The van der Waals surface area contributed by atoms with Crippen molar-refractivity contribution in [3.63, 3.8) is 0 Å². The quantitative estimate of drug-likeness (QED) is 0.108. The average molecular weight is 893 g/mol. The van der Waals surface area contributed by atoms with Crippen molar-refractivity contribution >= 4 is 11.8 Å². The first-order valence-corrected chi connectivity index (χ1v) is 19.5. The lowest BCUT2D eigenvalue weighted by Crippen LogP contribution is -2.72. The van der Waals surface area contributed by atoms with E-state index in [1.807, 2.05) is 0 Å². The van der Waals surface area contributed by atoms with Crippen molar-refractivity contribution in [1.29, 1.82) is 0 Å². The lowest BCUT2D eigenvalue weighted by atomic mass is 9.93. The number of aliphatic hydroxyl groups excluding tert-OH is 13. The molecule has 0 aromatic carbocycles. The van der Waals surface area contributed by atoms with Crippen LogP contribution in [0.2, 0.25) is 0 Å². The molecule has 0 unspecified atom stereocenters. The summed E-state index contributed by atoms with van der Waals surface area (Å²) in [5.41, 5.74) is 0. The molecule has 352 valence electrons. The van der Waals surface area contributed by atoms with Crippen LogP contribution in [0.4, 0.5) is 0 Å². The van der Waals surface area contributed by atoms with Crippen LogP contribution in [-0.4, -0.2) is 265 Å². The monoisotopic (exact) mass is 892 g/mol. The summed E-state index contributed by atoms with van der Waals surface area (Å²) < 4.78 is 59.2. The van der Waals surface area contributed by atoms with Gasteiger partial charge in [-0.25, -0.2) is 0 Å². The third kappa shape index (κ3) is 9.99. The molecule has 25 atom stereocenters. The zero-order chi connectivity index (χ0) is 44.6. The zero-order valence-corrected chi connectivity index (χ0v) is 32.7. The van der Waals surface area contributed by atoms with Gasteiger partial charge in [0.15, 0.2) is 31.5 Å². The van der Waals surface area contributed by atoms with Gasteiger partial charge in [-0.3, -0.25) is 9.59 Å². The summed E-state index contributed by atoms with van der Waals surface area (Å²) in [5, 5.41) is 145. The molecule has 7 aliphatic heterocycles. The van der Waals surface area contributed by atoms with E-state index in [4.69, 9.17) is 47.4 Å². The topological polar surface area (TPSA) is 413 Å². The molecule has 0 saturated carbocycles. The van der Waals surface area contributed by atoms with Crippen LogP contribution in [0.1, 0.15) is 13.8 Å². The molecule has 2 amide bonds. The van der Waals surface area contributed by atoms with E-state index in [-0.39, 0.29) is 0 Å². The van der Waals surface area contributed by atoms with Crippen LogP contribution < -0.4 is 10.6 Å². The van der Waals surface area contributed by atoms with Crippen LogP contribution in [0.15, 0.2) is 0 Å². The minimum absolute atomic E-state index is 0.775.